The molecule has 33 heavy (non-hydrogen) atoms. The van der Waals surface area contributed by atoms with Gasteiger partial charge in [-0.15, -0.1) is 0 Å². The zero-order valence-corrected chi connectivity index (χ0v) is 19.0. The van der Waals surface area contributed by atoms with E-state index in [1.807, 2.05) is 37.4 Å². The highest BCUT2D eigenvalue weighted by molar-refractivity contribution is 5.96. The summed E-state index contributed by atoms with van der Waals surface area (Å²) in [6, 6.07) is 7.19. The molecule has 2 amide bonds. The van der Waals surface area contributed by atoms with Crippen molar-refractivity contribution in [1.29, 1.82) is 0 Å². The molecule has 2 aromatic rings. The lowest BCUT2D eigenvalue weighted by molar-refractivity contribution is -0.134. The summed E-state index contributed by atoms with van der Waals surface area (Å²) in [6.45, 7) is 5.23. The molecule has 2 aliphatic rings. The molecule has 8 nitrogen and oxygen atoms in total. The average Bonchev–Trinajstić information content (AvgIpc) is 2.83. The molecule has 8 heteroatoms. The van der Waals surface area contributed by atoms with Crippen LogP contribution in [0.1, 0.15) is 41.0 Å². The van der Waals surface area contributed by atoms with E-state index < -0.39 is 5.41 Å². The first-order valence-electron chi connectivity index (χ1n) is 11.5. The first-order valence-corrected chi connectivity index (χ1v) is 11.5. The van der Waals surface area contributed by atoms with Gasteiger partial charge in [0.05, 0.1) is 22.4 Å². The minimum absolute atomic E-state index is 0.0273. The molecule has 2 N–H and O–H groups in total. The molecule has 0 bridgehead atoms. The van der Waals surface area contributed by atoms with Gasteiger partial charge in [-0.3, -0.25) is 24.5 Å². The van der Waals surface area contributed by atoms with Crippen LogP contribution in [-0.2, 0) is 11.3 Å². The number of carbonyl (C=O) groups excluding carboxylic acids is 2. The number of carbonyl (C=O) groups is 2. The van der Waals surface area contributed by atoms with Gasteiger partial charge in [0.2, 0.25) is 5.91 Å². The summed E-state index contributed by atoms with van der Waals surface area (Å²) >= 11 is 0. The maximum absolute atomic E-state index is 13.3. The van der Waals surface area contributed by atoms with E-state index in [9.17, 15) is 9.59 Å². The summed E-state index contributed by atoms with van der Waals surface area (Å²) in [5.74, 6) is 0.372. The normalized spacial score (nSPS) is 23.5. The molecular weight excluding hydrogens is 418 g/mol. The number of nitrogens with one attached hydrogen (secondary N) is 2. The van der Waals surface area contributed by atoms with Gasteiger partial charge < -0.3 is 15.4 Å². The van der Waals surface area contributed by atoms with Crippen LogP contribution in [0.2, 0.25) is 0 Å². The van der Waals surface area contributed by atoms with Crippen molar-refractivity contribution in [2.45, 2.75) is 32.7 Å². The summed E-state index contributed by atoms with van der Waals surface area (Å²) in [5, 5.41) is 5.93. The molecular formula is C25H31N5O3. The van der Waals surface area contributed by atoms with E-state index in [0.717, 1.165) is 30.8 Å². The summed E-state index contributed by atoms with van der Waals surface area (Å²) in [7, 11) is 0. The van der Waals surface area contributed by atoms with Crippen LogP contribution < -0.4 is 15.4 Å². The van der Waals surface area contributed by atoms with Crippen LogP contribution in [-0.4, -0.2) is 59.5 Å². The van der Waals surface area contributed by atoms with Crippen molar-refractivity contribution in [3.63, 3.8) is 0 Å². The van der Waals surface area contributed by atoms with Gasteiger partial charge in [-0.25, -0.2) is 0 Å². The fourth-order valence-electron chi connectivity index (χ4n) is 4.47. The molecule has 1 aromatic carbocycles. The van der Waals surface area contributed by atoms with Crippen molar-refractivity contribution >= 4 is 11.8 Å². The van der Waals surface area contributed by atoms with E-state index in [1.165, 1.54) is 0 Å². The average molecular weight is 450 g/mol. The Kier molecular flexibility index (Phi) is 7.34. The number of rotatable bonds is 2. The summed E-state index contributed by atoms with van der Waals surface area (Å²) in [4.78, 5) is 37.0. The Labute approximate surface area is 194 Å². The smallest absolute Gasteiger partial charge is 0.255 e. The van der Waals surface area contributed by atoms with Crippen LogP contribution in [0, 0.1) is 12.3 Å². The first kappa shape index (κ1) is 22.9. The molecule has 1 spiro atoms. The number of allylic oxidation sites excluding steroid dienone is 1. The fourth-order valence-corrected chi connectivity index (χ4v) is 4.47. The second-order valence-corrected chi connectivity index (χ2v) is 8.74. The zero-order valence-electron chi connectivity index (χ0n) is 19.0. The highest BCUT2D eigenvalue weighted by Crippen LogP contribution is 2.35. The van der Waals surface area contributed by atoms with E-state index in [1.54, 1.807) is 18.3 Å². The van der Waals surface area contributed by atoms with Gasteiger partial charge in [0.1, 0.15) is 12.4 Å². The number of aromatic nitrogens is 2. The Morgan fingerprint density at radius 3 is 2.79 bits per heavy atom. The molecule has 1 unspecified atom stereocenters. The predicted molar refractivity (Wildman–Crippen MR) is 125 cm³/mol. The minimum Gasteiger partial charge on any atom is -0.489 e. The Morgan fingerprint density at radius 2 is 1.94 bits per heavy atom. The molecule has 0 aliphatic carbocycles. The molecule has 0 saturated carbocycles. The van der Waals surface area contributed by atoms with Crippen molar-refractivity contribution in [2.24, 2.45) is 5.41 Å². The summed E-state index contributed by atoms with van der Waals surface area (Å²) in [6.07, 6.45) is 9.92. The lowest BCUT2D eigenvalue weighted by Gasteiger charge is -2.41. The number of aryl methyl sites for hydroxylation is 1. The molecule has 1 aromatic heterocycles. The highest BCUT2D eigenvalue weighted by Gasteiger charge is 2.41. The van der Waals surface area contributed by atoms with Crippen LogP contribution in [0.4, 0.5) is 0 Å². The number of hydrogen-bond donors (Lipinski definition) is 2. The Morgan fingerprint density at radius 1 is 1.09 bits per heavy atom. The number of fused-ring (bicyclic) bond motifs is 1. The molecule has 1 fully saturated rings. The zero-order chi connectivity index (χ0) is 23.1. The van der Waals surface area contributed by atoms with Gasteiger partial charge in [0.15, 0.2) is 0 Å². The van der Waals surface area contributed by atoms with E-state index in [4.69, 9.17) is 4.74 Å². The molecule has 0 radical (unpaired) electrons. The predicted octanol–water partition coefficient (Wildman–Crippen LogP) is 2.25. The minimum atomic E-state index is -0.529. The maximum Gasteiger partial charge on any atom is 0.255 e. The number of amides is 2. The van der Waals surface area contributed by atoms with Crippen molar-refractivity contribution in [3.05, 3.63) is 65.8 Å². The van der Waals surface area contributed by atoms with Crippen molar-refractivity contribution in [2.75, 3.05) is 32.8 Å². The largest absolute Gasteiger partial charge is 0.489 e. The third-order valence-electron chi connectivity index (χ3n) is 6.20. The quantitative estimate of drug-likeness (QED) is 0.683. The van der Waals surface area contributed by atoms with Crippen LogP contribution >= 0.6 is 0 Å². The number of benzene rings is 1. The van der Waals surface area contributed by atoms with Gasteiger partial charge in [-0.2, -0.15) is 0 Å². The Hall–Kier alpha value is -3.26. The van der Waals surface area contributed by atoms with E-state index in [0.29, 0.717) is 50.5 Å². The maximum atomic E-state index is 13.3. The van der Waals surface area contributed by atoms with Gasteiger partial charge in [0, 0.05) is 38.6 Å². The molecule has 1 atom stereocenters. The number of piperidine rings is 1. The Balaban J connectivity index is 1.49. The molecule has 2 aliphatic heterocycles. The second kappa shape index (κ2) is 10.6. The van der Waals surface area contributed by atoms with Gasteiger partial charge in [-0.05, 0) is 44.9 Å². The fraction of sp³-hybridized carbons (Fsp3) is 0.440. The van der Waals surface area contributed by atoms with Crippen molar-refractivity contribution in [3.8, 4) is 5.75 Å². The standard InChI is InChI=1S/C25H31N5O3/c1-19-15-29-20(16-28-19)17-30-13-6-10-25(18-30)9-4-5-14-33-22-8-3-2-7-21(22)23(31)26-11-12-27-24(25)32/h2-5,7-8,15-16H,6,9-14,17-18H2,1H3,(H,26,31)(H,27,32)/b5-4+. The second-order valence-electron chi connectivity index (χ2n) is 8.74. The van der Waals surface area contributed by atoms with Crippen molar-refractivity contribution < 1.29 is 14.3 Å². The lowest BCUT2D eigenvalue weighted by atomic mass is 9.76. The molecule has 174 valence electrons. The highest BCUT2D eigenvalue weighted by atomic mass is 16.5. The number of para-hydroxylation sites is 1. The topological polar surface area (TPSA) is 96.5 Å². The third kappa shape index (κ3) is 5.76. The van der Waals surface area contributed by atoms with E-state index in [2.05, 4.69) is 25.5 Å². The summed E-state index contributed by atoms with van der Waals surface area (Å²) < 4.78 is 5.84. The SMILES string of the molecule is Cc1cnc(CN2CCCC3(C/C=C/COc4ccccc4C(=O)NCCNC3=O)C2)cn1. The molecule has 1 saturated heterocycles. The van der Waals surface area contributed by atoms with Crippen LogP contribution in [0.5, 0.6) is 5.75 Å². The third-order valence-corrected chi connectivity index (χ3v) is 6.20. The van der Waals surface area contributed by atoms with E-state index in [-0.39, 0.29) is 11.8 Å². The van der Waals surface area contributed by atoms with Crippen LogP contribution in [0.25, 0.3) is 0 Å². The van der Waals surface area contributed by atoms with E-state index >= 15 is 0 Å². The first-order chi connectivity index (χ1) is 16.1. The molecule has 4 rings (SSSR count). The number of hydrogen-bond acceptors (Lipinski definition) is 6. The number of nitrogens with zero attached hydrogens (tertiary/aromatic N) is 3. The van der Waals surface area contributed by atoms with Crippen LogP contribution in [0.3, 0.4) is 0 Å². The van der Waals surface area contributed by atoms with Gasteiger partial charge in [0.25, 0.3) is 5.91 Å². The Bertz CT molecular complexity index is 1010. The summed E-state index contributed by atoms with van der Waals surface area (Å²) in [5.41, 5.74) is 1.76. The monoisotopic (exact) mass is 449 g/mol. The number of likely N-dealkylation sites (tertiary alicyclic amines) is 1. The van der Waals surface area contributed by atoms with Gasteiger partial charge in [-0.1, -0.05) is 24.3 Å². The van der Waals surface area contributed by atoms with Crippen molar-refractivity contribution in [1.82, 2.24) is 25.5 Å². The number of ether oxygens (including phenoxy) is 1. The molecule has 3 heterocycles. The van der Waals surface area contributed by atoms with Gasteiger partial charge >= 0.3 is 0 Å². The lowest BCUT2D eigenvalue weighted by Crippen LogP contribution is -2.52. The van der Waals surface area contributed by atoms with Crippen LogP contribution in [0.15, 0.2) is 48.8 Å².